The molecule has 2 bridgehead atoms. The number of ether oxygens (including phenoxy) is 1. The number of hydrogen-bond donors (Lipinski definition) is 2. The molecule has 2 aromatic rings. The first kappa shape index (κ1) is 19.5. The van der Waals surface area contributed by atoms with E-state index in [9.17, 15) is 4.79 Å². The molecule has 0 amide bonds. The summed E-state index contributed by atoms with van der Waals surface area (Å²) in [7, 11) is 2.18. The van der Waals surface area contributed by atoms with Crippen molar-refractivity contribution in [3.05, 3.63) is 65.2 Å². The first-order chi connectivity index (χ1) is 13.2. The number of benzene rings is 2. The van der Waals surface area contributed by atoms with Crippen molar-refractivity contribution in [2.24, 2.45) is 0 Å². The molecular formula is C22H29N3O2. The summed E-state index contributed by atoms with van der Waals surface area (Å²) < 4.78 is 5.85. The van der Waals surface area contributed by atoms with Gasteiger partial charge in [-0.25, -0.2) is 4.79 Å². The maximum atomic E-state index is 12.6. The van der Waals surface area contributed by atoms with Crippen molar-refractivity contribution in [1.29, 1.82) is 0 Å². The standard InChI is InChI=1S/C22H29N3O2/c1-25-14-6-12-23-16-19-10-5-11-20(17-24-13-7-15-25)21(19)27-22(26)18-8-3-2-4-9-18/h2-5,8-11,23-24H,6-7,12-17H2,1H3. The minimum absolute atomic E-state index is 0.313. The number of para-hydroxylation sites is 1. The van der Waals surface area contributed by atoms with Crippen molar-refractivity contribution in [2.45, 2.75) is 25.9 Å². The van der Waals surface area contributed by atoms with E-state index < -0.39 is 0 Å². The second-order valence-electron chi connectivity index (χ2n) is 7.02. The van der Waals surface area contributed by atoms with Gasteiger partial charge in [0.25, 0.3) is 0 Å². The van der Waals surface area contributed by atoms with Gasteiger partial charge >= 0.3 is 5.97 Å². The molecular weight excluding hydrogens is 338 g/mol. The molecule has 0 saturated heterocycles. The second kappa shape index (κ2) is 10.2. The minimum Gasteiger partial charge on any atom is -0.422 e. The number of fused-ring (bicyclic) bond motifs is 2. The predicted molar refractivity (Wildman–Crippen MR) is 108 cm³/mol. The highest BCUT2D eigenvalue weighted by atomic mass is 16.5. The summed E-state index contributed by atoms with van der Waals surface area (Å²) >= 11 is 0. The smallest absolute Gasteiger partial charge is 0.343 e. The Morgan fingerprint density at radius 1 is 0.889 bits per heavy atom. The van der Waals surface area contributed by atoms with Crippen LogP contribution in [0.25, 0.3) is 0 Å². The average molecular weight is 367 g/mol. The Hall–Kier alpha value is -2.21. The molecule has 1 aliphatic rings. The average Bonchev–Trinajstić information content (AvgIpc) is 2.69. The van der Waals surface area contributed by atoms with Crippen LogP contribution in [0.4, 0.5) is 0 Å². The van der Waals surface area contributed by atoms with Crippen LogP contribution in [0.2, 0.25) is 0 Å². The lowest BCUT2D eigenvalue weighted by molar-refractivity contribution is 0.0731. The molecule has 1 heterocycles. The Morgan fingerprint density at radius 2 is 1.48 bits per heavy atom. The molecule has 2 N–H and O–H groups in total. The zero-order valence-electron chi connectivity index (χ0n) is 16.0. The Morgan fingerprint density at radius 3 is 2.07 bits per heavy atom. The van der Waals surface area contributed by atoms with Crippen LogP contribution < -0.4 is 15.4 Å². The summed E-state index contributed by atoms with van der Waals surface area (Å²) in [5.74, 6) is 0.368. The van der Waals surface area contributed by atoms with Crippen molar-refractivity contribution >= 4 is 5.97 Å². The summed E-state index contributed by atoms with van der Waals surface area (Å²) in [6, 6.07) is 15.3. The zero-order valence-corrected chi connectivity index (χ0v) is 16.0. The van der Waals surface area contributed by atoms with E-state index in [4.69, 9.17) is 4.74 Å². The van der Waals surface area contributed by atoms with Gasteiger partial charge in [0.1, 0.15) is 5.75 Å². The van der Waals surface area contributed by atoms with Gasteiger partial charge in [0.2, 0.25) is 0 Å². The SMILES string of the molecule is CN1CCCNCc2cccc(c2OC(=O)c2ccccc2)CNCCC1. The number of carbonyl (C=O) groups is 1. The Balaban J connectivity index is 1.78. The zero-order chi connectivity index (χ0) is 18.9. The molecule has 0 aliphatic carbocycles. The van der Waals surface area contributed by atoms with Crippen molar-refractivity contribution in [3.63, 3.8) is 0 Å². The molecule has 1 aliphatic heterocycles. The third kappa shape index (κ3) is 5.89. The molecule has 0 fully saturated rings. The van der Waals surface area contributed by atoms with Crippen molar-refractivity contribution in [3.8, 4) is 5.75 Å². The van der Waals surface area contributed by atoms with Crippen LogP contribution in [0, 0.1) is 0 Å². The molecule has 0 aromatic heterocycles. The van der Waals surface area contributed by atoms with Crippen LogP contribution in [0.5, 0.6) is 5.75 Å². The molecule has 2 aromatic carbocycles. The largest absolute Gasteiger partial charge is 0.422 e. The van der Waals surface area contributed by atoms with E-state index >= 15 is 0 Å². The number of nitrogens with one attached hydrogen (secondary N) is 2. The lowest BCUT2D eigenvalue weighted by Crippen LogP contribution is -2.28. The van der Waals surface area contributed by atoms with Gasteiger partial charge in [-0.2, -0.15) is 0 Å². The van der Waals surface area contributed by atoms with Gasteiger partial charge in [-0.3, -0.25) is 0 Å². The van der Waals surface area contributed by atoms with E-state index in [1.807, 2.05) is 36.4 Å². The quantitative estimate of drug-likeness (QED) is 0.631. The summed E-state index contributed by atoms with van der Waals surface area (Å²) in [5.41, 5.74) is 2.60. The first-order valence-corrected chi connectivity index (χ1v) is 9.72. The van der Waals surface area contributed by atoms with Gasteiger partial charge in [0.05, 0.1) is 5.56 Å². The summed E-state index contributed by atoms with van der Waals surface area (Å²) in [4.78, 5) is 15.0. The lowest BCUT2D eigenvalue weighted by Gasteiger charge is -2.19. The predicted octanol–water partition coefficient (Wildman–Crippen LogP) is 2.81. The Kier molecular flexibility index (Phi) is 7.39. The van der Waals surface area contributed by atoms with Crippen LogP contribution in [-0.2, 0) is 13.1 Å². The second-order valence-corrected chi connectivity index (χ2v) is 7.02. The molecule has 0 atom stereocenters. The third-order valence-electron chi connectivity index (χ3n) is 4.80. The molecule has 0 saturated carbocycles. The van der Waals surface area contributed by atoms with E-state index in [2.05, 4.69) is 22.6 Å². The molecule has 0 unspecified atom stereocenters. The molecule has 5 heteroatoms. The van der Waals surface area contributed by atoms with Crippen molar-refractivity contribution in [2.75, 3.05) is 33.2 Å². The molecule has 27 heavy (non-hydrogen) atoms. The monoisotopic (exact) mass is 367 g/mol. The number of hydrogen-bond acceptors (Lipinski definition) is 5. The van der Waals surface area contributed by atoms with Crippen LogP contribution in [-0.4, -0.2) is 44.1 Å². The molecule has 0 radical (unpaired) electrons. The van der Waals surface area contributed by atoms with Gasteiger partial charge in [0.15, 0.2) is 0 Å². The fourth-order valence-corrected chi connectivity index (χ4v) is 3.28. The normalized spacial score (nSPS) is 17.1. The minimum atomic E-state index is -0.313. The van der Waals surface area contributed by atoms with Crippen molar-refractivity contribution in [1.82, 2.24) is 15.5 Å². The number of rotatable bonds is 2. The van der Waals surface area contributed by atoms with Crippen LogP contribution in [0.3, 0.4) is 0 Å². The van der Waals surface area contributed by atoms with Gasteiger partial charge in [-0.1, -0.05) is 36.4 Å². The summed E-state index contributed by atoms with van der Waals surface area (Å²) in [6.45, 7) is 5.44. The van der Waals surface area contributed by atoms with Gasteiger partial charge < -0.3 is 20.3 Å². The van der Waals surface area contributed by atoms with E-state index in [0.29, 0.717) is 24.4 Å². The Labute approximate surface area is 161 Å². The molecule has 144 valence electrons. The Bertz CT molecular complexity index is 701. The first-order valence-electron chi connectivity index (χ1n) is 9.72. The van der Waals surface area contributed by atoms with Gasteiger partial charge in [0, 0.05) is 24.2 Å². The summed E-state index contributed by atoms with van der Waals surface area (Å²) in [5, 5.41) is 6.97. The molecule has 3 rings (SSSR count). The number of esters is 1. The lowest BCUT2D eigenvalue weighted by atomic mass is 10.1. The topological polar surface area (TPSA) is 53.6 Å². The maximum Gasteiger partial charge on any atom is 0.343 e. The molecule has 0 spiro atoms. The highest BCUT2D eigenvalue weighted by molar-refractivity contribution is 5.91. The number of carbonyl (C=O) groups excluding carboxylic acids is 1. The van der Waals surface area contributed by atoms with Crippen LogP contribution in [0.1, 0.15) is 34.3 Å². The van der Waals surface area contributed by atoms with E-state index in [0.717, 1.165) is 50.1 Å². The molecule has 5 nitrogen and oxygen atoms in total. The van der Waals surface area contributed by atoms with Gasteiger partial charge in [-0.15, -0.1) is 0 Å². The van der Waals surface area contributed by atoms with Crippen LogP contribution in [0.15, 0.2) is 48.5 Å². The van der Waals surface area contributed by atoms with E-state index in [1.165, 1.54) is 0 Å². The van der Waals surface area contributed by atoms with E-state index in [-0.39, 0.29) is 5.97 Å². The highest BCUT2D eigenvalue weighted by Crippen LogP contribution is 2.25. The fourth-order valence-electron chi connectivity index (χ4n) is 3.28. The highest BCUT2D eigenvalue weighted by Gasteiger charge is 2.15. The third-order valence-corrected chi connectivity index (χ3v) is 4.80. The van der Waals surface area contributed by atoms with E-state index in [1.54, 1.807) is 12.1 Å². The fraction of sp³-hybridized carbons (Fsp3) is 0.409. The van der Waals surface area contributed by atoms with Crippen molar-refractivity contribution < 1.29 is 9.53 Å². The number of nitrogens with zero attached hydrogens (tertiary/aromatic N) is 1. The van der Waals surface area contributed by atoms with Crippen LogP contribution >= 0.6 is 0 Å². The van der Waals surface area contributed by atoms with Gasteiger partial charge in [-0.05, 0) is 58.2 Å². The summed E-state index contributed by atoms with van der Waals surface area (Å²) in [6.07, 6.45) is 2.20. The maximum absolute atomic E-state index is 12.6.